The van der Waals surface area contributed by atoms with E-state index in [0.29, 0.717) is 25.4 Å². The summed E-state index contributed by atoms with van der Waals surface area (Å²) >= 11 is 0. The number of carbonyl (C=O) groups is 2. The third kappa shape index (κ3) is 4.65. The molecule has 0 N–H and O–H groups in total. The summed E-state index contributed by atoms with van der Waals surface area (Å²) in [5.41, 5.74) is 2.02. The van der Waals surface area contributed by atoms with E-state index in [-0.39, 0.29) is 35.8 Å². The summed E-state index contributed by atoms with van der Waals surface area (Å²) < 4.78 is 23.8. The predicted octanol–water partition coefficient (Wildman–Crippen LogP) is 2.98. The number of benzene rings is 1. The number of sulfone groups is 1. The van der Waals surface area contributed by atoms with Crippen LogP contribution in [0.15, 0.2) is 24.3 Å². The van der Waals surface area contributed by atoms with Crippen LogP contribution in [0.2, 0.25) is 0 Å². The molecule has 0 radical (unpaired) electrons. The van der Waals surface area contributed by atoms with Crippen LogP contribution in [0.4, 0.5) is 5.69 Å². The van der Waals surface area contributed by atoms with E-state index in [9.17, 15) is 18.0 Å². The van der Waals surface area contributed by atoms with Crippen LogP contribution in [0.3, 0.4) is 0 Å². The van der Waals surface area contributed by atoms with Crippen molar-refractivity contribution in [1.82, 2.24) is 4.90 Å². The fourth-order valence-corrected chi connectivity index (χ4v) is 6.18. The molecule has 0 aliphatic carbocycles. The Labute approximate surface area is 174 Å². The van der Waals surface area contributed by atoms with Gasteiger partial charge < -0.3 is 9.80 Å². The SMILES string of the molecule is CCCN(C(=O)[C@@H]1CC(=O)N(c2ccccc2[C@H](C)CC)C1)[C@@H]1CCS(=O)(=O)C1. The van der Waals surface area contributed by atoms with Gasteiger partial charge in [-0.25, -0.2) is 8.42 Å². The van der Waals surface area contributed by atoms with E-state index < -0.39 is 15.8 Å². The number of hydrogen-bond acceptors (Lipinski definition) is 4. The van der Waals surface area contributed by atoms with Crippen molar-refractivity contribution in [2.45, 2.75) is 58.4 Å². The topological polar surface area (TPSA) is 74.8 Å². The average Bonchev–Trinajstić information content (AvgIpc) is 3.26. The van der Waals surface area contributed by atoms with Gasteiger partial charge in [-0.1, -0.05) is 39.0 Å². The highest BCUT2D eigenvalue weighted by molar-refractivity contribution is 7.91. The first-order valence-corrected chi connectivity index (χ1v) is 12.5. The highest BCUT2D eigenvalue weighted by atomic mass is 32.2. The fourth-order valence-electron chi connectivity index (χ4n) is 4.45. The predicted molar refractivity (Wildman–Crippen MR) is 115 cm³/mol. The standard InChI is InChI=1S/C22H32N2O4S/c1-4-11-23(18-10-12-29(27,28)15-18)22(26)17-13-21(25)24(14-17)20-9-7-6-8-19(20)16(3)5-2/h6-9,16-18H,4-5,10-15H2,1-3H3/t16-,17-,18-/m1/s1. The van der Waals surface area contributed by atoms with Gasteiger partial charge >= 0.3 is 0 Å². The largest absolute Gasteiger partial charge is 0.338 e. The molecule has 2 aliphatic rings. The van der Waals surface area contributed by atoms with Crippen LogP contribution < -0.4 is 4.90 Å². The molecule has 2 heterocycles. The lowest BCUT2D eigenvalue weighted by molar-refractivity contribution is -0.137. The van der Waals surface area contributed by atoms with Crippen LogP contribution >= 0.6 is 0 Å². The number of carbonyl (C=O) groups excluding carboxylic acids is 2. The van der Waals surface area contributed by atoms with Crippen LogP contribution in [0.1, 0.15) is 57.9 Å². The van der Waals surface area contributed by atoms with Crippen molar-refractivity contribution < 1.29 is 18.0 Å². The summed E-state index contributed by atoms with van der Waals surface area (Å²) in [6.45, 7) is 7.15. The summed E-state index contributed by atoms with van der Waals surface area (Å²) in [5.74, 6) is -0.0137. The summed E-state index contributed by atoms with van der Waals surface area (Å²) in [6.07, 6.45) is 2.42. The van der Waals surface area contributed by atoms with Gasteiger partial charge in [0.1, 0.15) is 0 Å². The Morgan fingerprint density at radius 3 is 2.62 bits per heavy atom. The molecule has 0 unspecified atom stereocenters. The zero-order valence-corrected chi connectivity index (χ0v) is 18.5. The Morgan fingerprint density at radius 2 is 2.00 bits per heavy atom. The van der Waals surface area contributed by atoms with Crippen molar-refractivity contribution in [2.24, 2.45) is 5.92 Å². The van der Waals surface area contributed by atoms with Crippen LogP contribution in [0.5, 0.6) is 0 Å². The van der Waals surface area contributed by atoms with E-state index in [2.05, 4.69) is 19.9 Å². The first-order chi connectivity index (χ1) is 13.8. The first-order valence-electron chi connectivity index (χ1n) is 10.7. The molecule has 0 saturated carbocycles. The molecule has 2 fully saturated rings. The van der Waals surface area contributed by atoms with E-state index in [4.69, 9.17) is 0 Å². The molecule has 2 saturated heterocycles. The molecule has 3 atom stereocenters. The van der Waals surface area contributed by atoms with Crippen molar-refractivity contribution >= 4 is 27.3 Å². The van der Waals surface area contributed by atoms with E-state index in [1.807, 2.05) is 25.1 Å². The van der Waals surface area contributed by atoms with Crippen molar-refractivity contribution in [2.75, 3.05) is 29.5 Å². The van der Waals surface area contributed by atoms with Gasteiger partial charge in [-0.3, -0.25) is 9.59 Å². The molecule has 7 heteroatoms. The van der Waals surface area contributed by atoms with Gasteiger partial charge in [-0.05, 0) is 36.8 Å². The minimum absolute atomic E-state index is 0.0328. The van der Waals surface area contributed by atoms with Crippen LogP contribution in [0, 0.1) is 5.92 Å². The first kappa shape index (κ1) is 21.8. The monoisotopic (exact) mass is 420 g/mol. The van der Waals surface area contributed by atoms with Crippen LogP contribution in [-0.4, -0.2) is 55.8 Å². The van der Waals surface area contributed by atoms with Crippen molar-refractivity contribution in [3.05, 3.63) is 29.8 Å². The van der Waals surface area contributed by atoms with Gasteiger partial charge in [0.25, 0.3) is 0 Å². The zero-order chi connectivity index (χ0) is 21.2. The van der Waals surface area contributed by atoms with Gasteiger partial charge in [0.15, 0.2) is 9.84 Å². The lowest BCUT2D eigenvalue weighted by atomic mass is 9.96. The van der Waals surface area contributed by atoms with Gasteiger partial charge in [-0.2, -0.15) is 0 Å². The minimum atomic E-state index is -3.07. The number of rotatable bonds is 7. The fraction of sp³-hybridized carbons (Fsp3) is 0.636. The molecule has 160 valence electrons. The van der Waals surface area contributed by atoms with Crippen molar-refractivity contribution in [3.8, 4) is 0 Å². The third-order valence-electron chi connectivity index (χ3n) is 6.24. The lowest BCUT2D eigenvalue weighted by Crippen LogP contribution is -2.45. The molecule has 29 heavy (non-hydrogen) atoms. The van der Waals surface area contributed by atoms with E-state index in [1.54, 1.807) is 9.80 Å². The average molecular weight is 421 g/mol. The second kappa shape index (κ2) is 8.86. The maximum atomic E-state index is 13.3. The lowest BCUT2D eigenvalue weighted by Gasteiger charge is -2.30. The molecule has 1 aromatic carbocycles. The van der Waals surface area contributed by atoms with Gasteiger partial charge in [0, 0.05) is 31.2 Å². The van der Waals surface area contributed by atoms with Gasteiger partial charge in [0.2, 0.25) is 11.8 Å². The number of amides is 2. The molecule has 2 amide bonds. The van der Waals surface area contributed by atoms with Crippen LogP contribution in [-0.2, 0) is 19.4 Å². The molecule has 2 aliphatic heterocycles. The zero-order valence-electron chi connectivity index (χ0n) is 17.6. The molecule has 6 nitrogen and oxygen atoms in total. The molecule has 0 spiro atoms. The molecule has 0 aromatic heterocycles. The molecular weight excluding hydrogens is 388 g/mol. The van der Waals surface area contributed by atoms with E-state index in [0.717, 1.165) is 24.1 Å². The van der Waals surface area contributed by atoms with Crippen molar-refractivity contribution in [3.63, 3.8) is 0 Å². The number of anilines is 1. The summed E-state index contributed by atoms with van der Waals surface area (Å²) in [5, 5.41) is 0. The second-order valence-corrected chi connectivity index (χ2v) is 10.6. The van der Waals surface area contributed by atoms with E-state index >= 15 is 0 Å². The molecular formula is C22H32N2O4S. The van der Waals surface area contributed by atoms with Crippen LogP contribution in [0.25, 0.3) is 0 Å². The Bertz CT molecular complexity index is 867. The van der Waals surface area contributed by atoms with E-state index in [1.165, 1.54) is 0 Å². The molecule has 3 rings (SSSR count). The van der Waals surface area contributed by atoms with Crippen molar-refractivity contribution in [1.29, 1.82) is 0 Å². The number of nitrogens with zero attached hydrogens (tertiary/aromatic N) is 2. The third-order valence-corrected chi connectivity index (χ3v) is 7.99. The number of para-hydroxylation sites is 1. The Morgan fingerprint density at radius 1 is 1.28 bits per heavy atom. The maximum absolute atomic E-state index is 13.3. The normalized spacial score (nSPS) is 24.7. The quantitative estimate of drug-likeness (QED) is 0.680. The number of hydrogen-bond donors (Lipinski definition) is 0. The maximum Gasteiger partial charge on any atom is 0.228 e. The summed E-state index contributed by atoms with van der Waals surface area (Å²) in [4.78, 5) is 29.6. The Hall–Kier alpha value is -1.89. The summed E-state index contributed by atoms with van der Waals surface area (Å²) in [7, 11) is -3.07. The summed E-state index contributed by atoms with van der Waals surface area (Å²) in [6, 6.07) is 7.66. The second-order valence-electron chi connectivity index (χ2n) is 8.36. The Balaban J connectivity index is 1.79. The van der Waals surface area contributed by atoms with Gasteiger partial charge in [0.05, 0.1) is 17.4 Å². The smallest absolute Gasteiger partial charge is 0.228 e. The molecule has 0 bridgehead atoms. The minimum Gasteiger partial charge on any atom is -0.338 e. The highest BCUT2D eigenvalue weighted by Crippen LogP contribution is 2.34. The Kier molecular flexibility index (Phi) is 6.66. The highest BCUT2D eigenvalue weighted by Gasteiger charge is 2.41. The van der Waals surface area contributed by atoms with Gasteiger partial charge in [-0.15, -0.1) is 0 Å². The molecule has 1 aromatic rings.